The number of carbonyl (C=O) groups is 1. The van der Waals surface area contributed by atoms with E-state index in [-0.39, 0.29) is 11.9 Å². The Hall–Kier alpha value is -1.29. The van der Waals surface area contributed by atoms with Crippen molar-refractivity contribution >= 4 is 5.91 Å². The van der Waals surface area contributed by atoms with Gasteiger partial charge in [-0.05, 0) is 25.5 Å². The summed E-state index contributed by atoms with van der Waals surface area (Å²) in [6, 6.07) is 3.70. The number of hydrogen-bond acceptors (Lipinski definition) is 3. The van der Waals surface area contributed by atoms with Gasteiger partial charge < -0.3 is 15.5 Å². The second-order valence-corrected chi connectivity index (χ2v) is 4.04. The van der Waals surface area contributed by atoms with Gasteiger partial charge in [-0.25, -0.2) is 0 Å². The SMILES string of the molecule is CCCC(N)CC(=O)NCc1ccc(C)o1. The van der Waals surface area contributed by atoms with Crippen LogP contribution in [0.25, 0.3) is 0 Å². The molecule has 0 fully saturated rings. The van der Waals surface area contributed by atoms with Gasteiger partial charge >= 0.3 is 0 Å². The van der Waals surface area contributed by atoms with Gasteiger partial charge in [0.05, 0.1) is 6.54 Å². The van der Waals surface area contributed by atoms with E-state index < -0.39 is 0 Å². The molecule has 1 amide bonds. The van der Waals surface area contributed by atoms with Gasteiger partial charge in [0.25, 0.3) is 0 Å². The molecule has 0 saturated heterocycles. The van der Waals surface area contributed by atoms with Crippen molar-refractivity contribution in [3.8, 4) is 0 Å². The zero-order valence-electron chi connectivity index (χ0n) is 9.95. The van der Waals surface area contributed by atoms with Gasteiger partial charge in [-0.1, -0.05) is 13.3 Å². The Bertz CT molecular complexity index is 334. The molecule has 1 unspecified atom stereocenters. The minimum Gasteiger partial charge on any atom is -0.465 e. The van der Waals surface area contributed by atoms with Crippen LogP contribution in [0.5, 0.6) is 0 Å². The third-order valence-corrected chi connectivity index (χ3v) is 2.36. The summed E-state index contributed by atoms with van der Waals surface area (Å²) < 4.78 is 5.34. The van der Waals surface area contributed by atoms with Crippen LogP contribution in [0.15, 0.2) is 16.5 Å². The molecule has 4 heteroatoms. The molecule has 0 spiro atoms. The highest BCUT2D eigenvalue weighted by Crippen LogP contribution is 2.05. The molecule has 0 aliphatic carbocycles. The highest BCUT2D eigenvalue weighted by molar-refractivity contribution is 5.76. The van der Waals surface area contributed by atoms with E-state index in [1.54, 1.807) is 0 Å². The largest absolute Gasteiger partial charge is 0.465 e. The van der Waals surface area contributed by atoms with Crippen molar-refractivity contribution in [2.24, 2.45) is 5.73 Å². The number of nitrogens with one attached hydrogen (secondary N) is 1. The van der Waals surface area contributed by atoms with Gasteiger partial charge in [-0.3, -0.25) is 4.79 Å². The zero-order chi connectivity index (χ0) is 12.0. The van der Waals surface area contributed by atoms with Crippen LogP contribution in [0.1, 0.15) is 37.7 Å². The third kappa shape index (κ3) is 4.49. The fourth-order valence-electron chi connectivity index (χ4n) is 1.55. The van der Waals surface area contributed by atoms with Crippen molar-refractivity contribution in [3.63, 3.8) is 0 Å². The van der Waals surface area contributed by atoms with E-state index in [1.165, 1.54) is 0 Å². The standard InChI is InChI=1S/C12H20N2O2/c1-3-4-10(13)7-12(15)14-8-11-6-5-9(2)16-11/h5-6,10H,3-4,7-8,13H2,1-2H3,(H,14,15). The van der Waals surface area contributed by atoms with E-state index in [1.807, 2.05) is 19.1 Å². The Morgan fingerprint density at radius 1 is 1.56 bits per heavy atom. The maximum Gasteiger partial charge on any atom is 0.221 e. The molecule has 0 aliphatic heterocycles. The number of aryl methyl sites for hydroxylation is 1. The average molecular weight is 224 g/mol. The summed E-state index contributed by atoms with van der Waals surface area (Å²) in [6.07, 6.45) is 2.27. The van der Waals surface area contributed by atoms with Gasteiger partial charge in [0, 0.05) is 12.5 Å². The Balaban J connectivity index is 2.25. The summed E-state index contributed by atoms with van der Waals surface area (Å²) in [5.41, 5.74) is 5.77. The lowest BCUT2D eigenvalue weighted by molar-refractivity contribution is -0.121. The van der Waals surface area contributed by atoms with Gasteiger partial charge in [0.2, 0.25) is 5.91 Å². The highest BCUT2D eigenvalue weighted by Gasteiger charge is 2.08. The Morgan fingerprint density at radius 2 is 2.31 bits per heavy atom. The Kier molecular flexibility index (Phi) is 5.05. The fraction of sp³-hybridized carbons (Fsp3) is 0.583. The van der Waals surface area contributed by atoms with E-state index in [2.05, 4.69) is 12.2 Å². The topological polar surface area (TPSA) is 68.3 Å². The summed E-state index contributed by atoms with van der Waals surface area (Å²) in [5.74, 6) is 1.61. The fourth-order valence-corrected chi connectivity index (χ4v) is 1.55. The van der Waals surface area contributed by atoms with Crippen molar-refractivity contribution < 1.29 is 9.21 Å². The van der Waals surface area contributed by atoms with E-state index in [0.717, 1.165) is 24.4 Å². The molecule has 1 aromatic rings. The zero-order valence-corrected chi connectivity index (χ0v) is 9.95. The molecule has 3 N–H and O–H groups in total. The predicted octanol–water partition coefficient (Wildman–Crippen LogP) is 1.72. The molecule has 0 bridgehead atoms. The highest BCUT2D eigenvalue weighted by atomic mass is 16.3. The van der Waals surface area contributed by atoms with E-state index in [0.29, 0.717) is 13.0 Å². The molecule has 1 atom stereocenters. The lowest BCUT2D eigenvalue weighted by Gasteiger charge is -2.09. The van der Waals surface area contributed by atoms with E-state index in [9.17, 15) is 4.79 Å². The van der Waals surface area contributed by atoms with Gasteiger partial charge in [0.15, 0.2) is 0 Å². The molecular formula is C12H20N2O2. The second-order valence-electron chi connectivity index (χ2n) is 4.04. The van der Waals surface area contributed by atoms with Crippen LogP contribution in [0.2, 0.25) is 0 Å². The minimum absolute atomic E-state index is 0.0185. The summed E-state index contributed by atoms with van der Waals surface area (Å²) in [4.78, 5) is 11.5. The first kappa shape index (κ1) is 12.8. The Labute approximate surface area is 96.2 Å². The number of nitrogens with two attached hydrogens (primary N) is 1. The number of rotatable bonds is 6. The van der Waals surface area contributed by atoms with Crippen molar-refractivity contribution in [3.05, 3.63) is 23.7 Å². The van der Waals surface area contributed by atoms with Crippen LogP contribution >= 0.6 is 0 Å². The molecule has 0 aliphatic rings. The molecule has 0 saturated carbocycles. The number of furan rings is 1. The molecule has 0 aromatic carbocycles. The van der Waals surface area contributed by atoms with Crippen molar-refractivity contribution in [1.29, 1.82) is 0 Å². The maximum atomic E-state index is 11.5. The molecule has 0 radical (unpaired) electrons. The van der Waals surface area contributed by atoms with E-state index >= 15 is 0 Å². The molecule has 90 valence electrons. The molecular weight excluding hydrogens is 204 g/mol. The third-order valence-electron chi connectivity index (χ3n) is 2.36. The summed E-state index contributed by atoms with van der Waals surface area (Å²) >= 11 is 0. The predicted molar refractivity (Wildman–Crippen MR) is 62.8 cm³/mol. The van der Waals surface area contributed by atoms with Crippen LogP contribution < -0.4 is 11.1 Å². The van der Waals surface area contributed by atoms with Crippen molar-refractivity contribution in [2.45, 2.75) is 45.7 Å². The summed E-state index contributed by atoms with van der Waals surface area (Å²) in [7, 11) is 0. The lowest BCUT2D eigenvalue weighted by atomic mass is 10.1. The first-order valence-electron chi connectivity index (χ1n) is 5.69. The second kappa shape index (κ2) is 6.33. The van der Waals surface area contributed by atoms with Crippen LogP contribution in [0, 0.1) is 6.92 Å². The molecule has 4 nitrogen and oxygen atoms in total. The van der Waals surface area contributed by atoms with Gasteiger partial charge in [-0.15, -0.1) is 0 Å². The van der Waals surface area contributed by atoms with Gasteiger partial charge in [0.1, 0.15) is 11.5 Å². The van der Waals surface area contributed by atoms with Crippen LogP contribution in [0.4, 0.5) is 0 Å². The van der Waals surface area contributed by atoms with Crippen LogP contribution in [-0.2, 0) is 11.3 Å². The first-order chi connectivity index (χ1) is 7.61. The molecule has 1 heterocycles. The van der Waals surface area contributed by atoms with Crippen molar-refractivity contribution in [2.75, 3.05) is 0 Å². The number of hydrogen-bond donors (Lipinski definition) is 2. The Morgan fingerprint density at radius 3 is 2.88 bits per heavy atom. The summed E-state index contributed by atoms with van der Waals surface area (Å²) in [5, 5.41) is 2.79. The average Bonchev–Trinajstić information content (AvgIpc) is 2.61. The maximum absolute atomic E-state index is 11.5. The minimum atomic E-state index is -0.0386. The number of carbonyl (C=O) groups excluding carboxylic acids is 1. The molecule has 16 heavy (non-hydrogen) atoms. The molecule has 1 aromatic heterocycles. The van der Waals surface area contributed by atoms with Crippen molar-refractivity contribution in [1.82, 2.24) is 5.32 Å². The van der Waals surface area contributed by atoms with Gasteiger partial charge in [-0.2, -0.15) is 0 Å². The first-order valence-corrected chi connectivity index (χ1v) is 5.69. The monoisotopic (exact) mass is 224 g/mol. The van der Waals surface area contributed by atoms with Crippen LogP contribution in [0.3, 0.4) is 0 Å². The molecule has 1 rings (SSSR count). The smallest absolute Gasteiger partial charge is 0.221 e. The summed E-state index contributed by atoms with van der Waals surface area (Å²) in [6.45, 7) is 4.37. The van der Waals surface area contributed by atoms with Crippen LogP contribution in [-0.4, -0.2) is 11.9 Å². The van der Waals surface area contributed by atoms with E-state index in [4.69, 9.17) is 10.2 Å². The quantitative estimate of drug-likeness (QED) is 0.773. The lowest BCUT2D eigenvalue weighted by Crippen LogP contribution is -2.31. The number of amides is 1. The normalized spacial score (nSPS) is 12.4.